The van der Waals surface area contributed by atoms with E-state index in [2.05, 4.69) is 27.7 Å². The number of fused-ring (bicyclic) bond motifs is 5. The van der Waals surface area contributed by atoms with E-state index >= 15 is 0 Å². The Bertz CT molecular complexity index is 1010. The molecule has 4 aliphatic carbocycles. The monoisotopic (exact) mass is 550 g/mol. The van der Waals surface area contributed by atoms with Gasteiger partial charge in [0.25, 0.3) is 0 Å². The Balaban J connectivity index is 1.80. The van der Waals surface area contributed by atoms with Crippen LogP contribution in [0.25, 0.3) is 0 Å². The minimum absolute atomic E-state index is 0.0194. The molecular weight excluding hydrogens is 500 g/mol. The quantitative estimate of drug-likeness (QED) is 0.248. The fourth-order valence-corrected chi connectivity index (χ4v) is 9.92. The van der Waals surface area contributed by atoms with E-state index in [0.29, 0.717) is 30.8 Å². The molecule has 4 rings (SSSR count). The zero-order valence-electron chi connectivity index (χ0n) is 24.7. The summed E-state index contributed by atoms with van der Waals surface area (Å²) in [6.45, 7) is 13.2. The van der Waals surface area contributed by atoms with Crippen LogP contribution in [-0.4, -0.2) is 67.5 Å². The van der Waals surface area contributed by atoms with Gasteiger partial charge >= 0.3 is 11.9 Å². The van der Waals surface area contributed by atoms with Crippen LogP contribution in [-0.2, 0) is 14.3 Å². The molecule has 0 aromatic heterocycles. The third-order valence-electron chi connectivity index (χ3n) is 12.1. The molecule has 0 bridgehead atoms. The normalized spacial score (nSPS) is 46.0. The van der Waals surface area contributed by atoms with Gasteiger partial charge in [-0.2, -0.15) is 0 Å². The van der Waals surface area contributed by atoms with Crippen molar-refractivity contribution in [2.24, 2.45) is 39.9 Å². The van der Waals surface area contributed by atoms with Crippen LogP contribution in [0.15, 0.2) is 11.1 Å². The Morgan fingerprint density at radius 3 is 2.28 bits per heavy atom. The third kappa shape index (κ3) is 4.77. The highest BCUT2D eigenvalue weighted by atomic mass is 16.5. The molecule has 0 aromatic carbocycles. The summed E-state index contributed by atoms with van der Waals surface area (Å²) in [5, 5.41) is 53.6. The Labute approximate surface area is 232 Å². The molecule has 0 aliphatic heterocycles. The Morgan fingerprint density at radius 2 is 1.72 bits per heavy atom. The van der Waals surface area contributed by atoms with E-state index in [0.717, 1.165) is 19.3 Å². The van der Waals surface area contributed by atoms with Crippen molar-refractivity contribution in [3.63, 3.8) is 0 Å². The van der Waals surface area contributed by atoms with Crippen LogP contribution in [0.3, 0.4) is 0 Å². The first-order valence-corrected chi connectivity index (χ1v) is 14.8. The van der Waals surface area contributed by atoms with Crippen molar-refractivity contribution in [3.05, 3.63) is 11.1 Å². The molecule has 0 saturated heterocycles. The molecule has 0 amide bonds. The summed E-state index contributed by atoms with van der Waals surface area (Å²) in [6, 6.07) is 0. The van der Waals surface area contributed by atoms with Crippen LogP contribution in [0.2, 0.25) is 0 Å². The number of hydrogen-bond donors (Lipinski definition) is 5. The minimum Gasteiger partial charge on any atom is -0.478 e. The van der Waals surface area contributed by atoms with Gasteiger partial charge in [0.05, 0.1) is 23.9 Å². The van der Waals surface area contributed by atoms with Crippen LogP contribution < -0.4 is 0 Å². The molecule has 0 radical (unpaired) electrons. The van der Waals surface area contributed by atoms with E-state index in [1.165, 1.54) is 20.8 Å². The summed E-state index contributed by atoms with van der Waals surface area (Å²) < 4.78 is 5.82. The number of ether oxygens (including phenoxy) is 1. The van der Waals surface area contributed by atoms with Crippen molar-refractivity contribution < 1.29 is 39.9 Å². The largest absolute Gasteiger partial charge is 0.478 e. The highest BCUT2D eigenvalue weighted by Gasteiger charge is 2.70. The second kappa shape index (κ2) is 10.1. The second-order valence-corrected chi connectivity index (χ2v) is 14.5. The number of carbonyl (C=O) groups excluding carboxylic acids is 1. The van der Waals surface area contributed by atoms with E-state index in [1.807, 2.05) is 0 Å². The van der Waals surface area contributed by atoms with Crippen LogP contribution in [0, 0.1) is 39.9 Å². The molecule has 1 unspecified atom stereocenters. The summed E-state index contributed by atoms with van der Waals surface area (Å²) in [4.78, 5) is 24.9. The predicted octanol–water partition coefficient (Wildman–Crippen LogP) is 3.83. The van der Waals surface area contributed by atoms with Crippen molar-refractivity contribution in [2.75, 3.05) is 0 Å². The maximum absolute atomic E-state index is 12.7. The molecule has 39 heavy (non-hydrogen) atoms. The van der Waals surface area contributed by atoms with Crippen molar-refractivity contribution in [2.45, 2.75) is 130 Å². The summed E-state index contributed by atoms with van der Waals surface area (Å²) in [5.41, 5.74) is -1.62. The maximum Gasteiger partial charge on any atom is 0.331 e. The summed E-state index contributed by atoms with van der Waals surface area (Å²) in [6.07, 6.45) is 1.43. The number of aliphatic carboxylic acids is 1. The van der Waals surface area contributed by atoms with E-state index in [1.54, 1.807) is 0 Å². The maximum atomic E-state index is 12.7. The Kier molecular flexibility index (Phi) is 7.90. The van der Waals surface area contributed by atoms with Gasteiger partial charge in [-0.15, -0.1) is 0 Å². The number of hydrogen-bond acceptors (Lipinski definition) is 7. The lowest BCUT2D eigenvalue weighted by Crippen LogP contribution is -2.65. The average molecular weight is 551 g/mol. The van der Waals surface area contributed by atoms with Crippen molar-refractivity contribution >= 4 is 11.9 Å². The molecule has 4 saturated carbocycles. The first kappa shape index (κ1) is 30.5. The highest BCUT2D eigenvalue weighted by molar-refractivity contribution is 5.88. The summed E-state index contributed by atoms with van der Waals surface area (Å²) in [7, 11) is 0. The number of carboxylic acid groups (broad SMARTS) is 1. The molecule has 4 fully saturated rings. The highest BCUT2D eigenvalue weighted by Crippen LogP contribution is 2.74. The zero-order valence-corrected chi connectivity index (χ0v) is 24.7. The molecule has 0 aromatic rings. The first-order valence-electron chi connectivity index (χ1n) is 14.8. The Morgan fingerprint density at radius 1 is 1.08 bits per heavy atom. The number of carboxylic acids is 1. The van der Waals surface area contributed by atoms with Crippen LogP contribution >= 0.6 is 0 Å². The van der Waals surface area contributed by atoms with Gasteiger partial charge in [-0.25, -0.2) is 4.79 Å². The smallest absolute Gasteiger partial charge is 0.331 e. The predicted molar refractivity (Wildman–Crippen MR) is 145 cm³/mol. The lowest BCUT2D eigenvalue weighted by Gasteiger charge is -2.69. The molecule has 0 spiro atoms. The standard InChI is InChI=1S/C31H50O8/c1-16-19-10-13-30(6)26(29(19,5)12-11-21(16)33)22(34)14-20-25(23(39-17(2)32)15-31(20,30)7)18(27(36)37)8-9-24(35)28(3,4)38/h16,19-24,26,33-35,38H,8-15H2,1-7H3,(H,36,37)/b25-18-/t16-,19-,20-,21+,22+,23-,24?,26-,29-,30-,31-/m0/s1. The second-order valence-electron chi connectivity index (χ2n) is 14.5. The molecule has 5 N–H and O–H groups in total. The summed E-state index contributed by atoms with van der Waals surface area (Å²) >= 11 is 0. The van der Waals surface area contributed by atoms with E-state index in [4.69, 9.17) is 4.74 Å². The number of aliphatic hydroxyl groups is 4. The van der Waals surface area contributed by atoms with E-state index < -0.39 is 41.3 Å². The molecule has 4 aliphatic rings. The number of esters is 1. The van der Waals surface area contributed by atoms with Crippen LogP contribution in [0.4, 0.5) is 0 Å². The van der Waals surface area contributed by atoms with E-state index in [-0.39, 0.29) is 53.1 Å². The molecular formula is C31H50O8. The fourth-order valence-electron chi connectivity index (χ4n) is 9.92. The number of rotatable bonds is 6. The van der Waals surface area contributed by atoms with Gasteiger partial charge in [0.2, 0.25) is 0 Å². The summed E-state index contributed by atoms with van der Waals surface area (Å²) in [5.74, 6) is -1.47. The van der Waals surface area contributed by atoms with Gasteiger partial charge in [-0.05, 0) is 111 Å². The number of carbonyl (C=O) groups is 2. The third-order valence-corrected chi connectivity index (χ3v) is 12.1. The fraction of sp³-hybridized carbons (Fsp3) is 0.871. The van der Waals surface area contributed by atoms with Gasteiger partial charge in [0, 0.05) is 12.5 Å². The SMILES string of the molecule is CC(=O)O[C@H]1C[C@@]2(C)[C@@H](C[C@@H](O)[C@H]3[C@@]4(C)CC[C@@H](O)[C@@H](C)[C@@H]4CC[C@@]32C)/C1=C(\CCC(O)C(C)(C)O)C(=O)O. The van der Waals surface area contributed by atoms with Crippen LogP contribution in [0.5, 0.6) is 0 Å². The van der Waals surface area contributed by atoms with Gasteiger partial charge < -0.3 is 30.3 Å². The van der Waals surface area contributed by atoms with Crippen molar-refractivity contribution in [3.8, 4) is 0 Å². The van der Waals surface area contributed by atoms with Gasteiger partial charge in [-0.1, -0.05) is 27.7 Å². The van der Waals surface area contributed by atoms with Crippen molar-refractivity contribution in [1.82, 2.24) is 0 Å². The average Bonchev–Trinajstić information content (AvgIpc) is 3.07. The van der Waals surface area contributed by atoms with Crippen LogP contribution in [0.1, 0.15) is 99.8 Å². The lowest BCUT2D eigenvalue weighted by molar-refractivity contribution is -0.234. The van der Waals surface area contributed by atoms with E-state index in [9.17, 15) is 35.1 Å². The molecule has 11 atom stereocenters. The van der Waals surface area contributed by atoms with Gasteiger partial charge in [0.15, 0.2) is 0 Å². The molecule has 8 nitrogen and oxygen atoms in total. The minimum atomic E-state index is -1.38. The molecule has 0 heterocycles. The first-order chi connectivity index (χ1) is 17.9. The topological polar surface area (TPSA) is 145 Å². The lowest BCUT2D eigenvalue weighted by atomic mass is 9.36. The Hall–Kier alpha value is -1.48. The molecule has 8 heteroatoms. The zero-order chi connectivity index (χ0) is 29.3. The number of aliphatic hydroxyl groups excluding tert-OH is 3. The molecule has 222 valence electrons. The van der Waals surface area contributed by atoms with Gasteiger partial charge in [0.1, 0.15) is 6.10 Å². The van der Waals surface area contributed by atoms with Gasteiger partial charge in [-0.3, -0.25) is 4.79 Å². The van der Waals surface area contributed by atoms with Crippen molar-refractivity contribution in [1.29, 1.82) is 0 Å².